The molecule has 216 valence electrons. The largest absolute Gasteiger partial charge is 0.336 e. The number of fused-ring (bicyclic) bond motifs is 13. The Bertz CT molecular complexity index is 2480. The fraction of sp³-hybridized carbons (Fsp3) is 0.0476. The molecule has 2 aliphatic rings. The van der Waals surface area contributed by atoms with Crippen LogP contribution in [0.4, 0.5) is 0 Å². The van der Waals surface area contributed by atoms with E-state index in [-0.39, 0.29) is 5.41 Å². The van der Waals surface area contributed by atoms with Gasteiger partial charge in [-0.25, -0.2) is 9.97 Å². The van der Waals surface area contributed by atoms with Crippen LogP contribution in [0.1, 0.15) is 27.8 Å². The van der Waals surface area contributed by atoms with Crippen molar-refractivity contribution in [2.75, 3.05) is 0 Å². The second kappa shape index (κ2) is 9.59. The molecule has 1 spiro atoms. The molecule has 2 aliphatic carbocycles. The molecule has 0 amide bonds. The van der Waals surface area contributed by atoms with E-state index in [2.05, 4.69) is 158 Å². The van der Waals surface area contributed by atoms with E-state index >= 15 is 0 Å². The molecule has 0 saturated heterocycles. The van der Waals surface area contributed by atoms with Gasteiger partial charge in [0, 0.05) is 45.3 Å². The lowest BCUT2D eigenvalue weighted by atomic mass is 9.70. The zero-order valence-corrected chi connectivity index (χ0v) is 26.4. The Morgan fingerprint density at radius 1 is 0.522 bits per heavy atom. The van der Waals surface area contributed by atoms with Crippen molar-refractivity contribution in [2.24, 2.45) is 0 Å². The van der Waals surface area contributed by atoms with Gasteiger partial charge in [0.2, 0.25) is 0 Å². The van der Waals surface area contributed by atoms with Crippen molar-refractivity contribution in [3.8, 4) is 33.6 Å². The normalized spacial score (nSPS) is 13.6. The standard InChI is InChI=1S/C42H26BrN3/c43-38-19-18-26(41-44-20-9-21-45-41)22-27(38)25-46-39-17-8-4-13-31(39)33-23-37-32(24-40(33)46)30-12-3-7-16-36(30)42(37)34-14-5-1-10-28(34)29-11-2-6-15-35(29)42/h1-24H,25H2. The van der Waals surface area contributed by atoms with Gasteiger partial charge in [0.15, 0.2) is 5.82 Å². The second-order valence-corrected chi connectivity index (χ2v) is 13.1. The number of hydrogen-bond donors (Lipinski definition) is 0. The van der Waals surface area contributed by atoms with E-state index in [1.54, 1.807) is 12.4 Å². The fourth-order valence-electron chi connectivity index (χ4n) is 8.26. The Kier molecular flexibility index (Phi) is 5.41. The van der Waals surface area contributed by atoms with Gasteiger partial charge in [-0.2, -0.15) is 0 Å². The topological polar surface area (TPSA) is 30.7 Å². The van der Waals surface area contributed by atoms with Gasteiger partial charge in [-0.05, 0) is 86.5 Å². The first-order valence-electron chi connectivity index (χ1n) is 15.6. The van der Waals surface area contributed by atoms with Crippen LogP contribution in [0.3, 0.4) is 0 Å². The van der Waals surface area contributed by atoms with Gasteiger partial charge in [-0.15, -0.1) is 0 Å². The maximum absolute atomic E-state index is 4.51. The third-order valence-electron chi connectivity index (χ3n) is 10.1. The zero-order valence-electron chi connectivity index (χ0n) is 24.8. The van der Waals surface area contributed by atoms with Gasteiger partial charge in [-0.3, -0.25) is 0 Å². The summed E-state index contributed by atoms with van der Waals surface area (Å²) in [6, 6.07) is 49.1. The van der Waals surface area contributed by atoms with Crippen molar-refractivity contribution < 1.29 is 0 Å². The summed E-state index contributed by atoms with van der Waals surface area (Å²) >= 11 is 3.87. The van der Waals surface area contributed by atoms with Gasteiger partial charge < -0.3 is 4.57 Å². The molecule has 10 rings (SSSR count). The highest BCUT2D eigenvalue weighted by Crippen LogP contribution is 2.63. The average molecular weight is 653 g/mol. The Morgan fingerprint density at radius 3 is 1.83 bits per heavy atom. The molecule has 2 aromatic heterocycles. The van der Waals surface area contributed by atoms with Crippen molar-refractivity contribution in [3.05, 3.63) is 178 Å². The fourth-order valence-corrected chi connectivity index (χ4v) is 8.63. The Hall–Kier alpha value is -5.32. The molecule has 0 saturated carbocycles. The number of rotatable bonds is 3. The molecule has 6 aromatic carbocycles. The summed E-state index contributed by atoms with van der Waals surface area (Å²) in [6.07, 6.45) is 3.59. The number of nitrogens with zero attached hydrogens (tertiary/aromatic N) is 3. The first-order chi connectivity index (χ1) is 22.7. The minimum Gasteiger partial charge on any atom is -0.336 e. The molecule has 2 heterocycles. The van der Waals surface area contributed by atoms with Crippen LogP contribution in [0.15, 0.2) is 150 Å². The van der Waals surface area contributed by atoms with E-state index < -0.39 is 0 Å². The van der Waals surface area contributed by atoms with Crippen LogP contribution < -0.4 is 0 Å². The summed E-state index contributed by atoms with van der Waals surface area (Å²) < 4.78 is 3.55. The molecule has 46 heavy (non-hydrogen) atoms. The Balaban J connectivity index is 1.26. The molecule has 0 N–H and O–H groups in total. The first kappa shape index (κ1) is 26.0. The number of benzene rings is 6. The summed E-state index contributed by atoms with van der Waals surface area (Å²) in [6.45, 7) is 0.711. The second-order valence-electron chi connectivity index (χ2n) is 12.3. The van der Waals surface area contributed by atoms with Crippen LogP contribution in [-0.4, -0.2) is 14.5 Å². The van der Waals surface area contributed by atoms with Gasteiger partial charge in [0.1, 0.15) is 0 Å². The van der Waals surface area contributed by atoms with Crippen LogP contribution in [-0.2, 0) is 12.0 Å². The predicted molar refractivity (Wildman–Crippen MR) is 190 cm³/mol. The summed E-state index contributed by atoms with van der Waals surface area (Å²) in [5.41, 5.74) is 15.0. The summed E-state index contributed by atoms with van der Waals surface area (Å²) in [5, 5.41) is 2.55. The van der Waals surface area contributed by atoms with E-state index in [1.807, 2.05) is 6.07 Å². The Labute approximate surface area is 275 Å². The molecule has 0 atom stereocenters. The molecule has 8 aromatic rings. The zero-order chi connectivity index (χ0) is 30.4. The van der Waals surface area contributed by atoms with E-state index in [1.165, 1.54) is 71.9 Å². The number of aromatic nitrogens is 3. The molecule has 4 heteroatoms. The van der Waals surface area contributed by atoms with E-state index in [4.69, 9.17) is 0 Å². The molecular weight excluding hydrogens is 626 g/mol. The van der Waals surface area contributed by atoms with Crippen molar-refractivity contribution in [1.82, 2.24) is 14.5 Å². The first-order valence-corrected chi connectivity index (χ1v) is 16.4. The minimum atomic E-state index is -0.358. The lowest BCUT2D eigenvalue weighted by Gasteiger charge is -2.30. The number of para-hydroxylation sites is 1. The predicted octanol–water partition coefficient (Wildman–Crippen LogP) is 10.4. The van der Waals surface area contributed by atoms with Crippen LogP contribution in [0.5, 0.6) is 0 Å². The third kappa shape index (κ3) is 3.37. The van der Waals surface area contributed by atoms with Crippen LogP contribution >= 0.6 is 15.9 Å². The SMILES string of the molecule is Brc1ccc(-c2ncccn2)cc1Cn1c2ccccc2c2cc3c(cc21)-c1ccccc1C31c2ccccc2-c2ccccc21. The van der Waals surface area contributed by atoms with Gasteiger partial charge in [-0.1, -0.05) is 113 Å². The van der Waals surface area contributed by atoms with Crippen LogP contribution in [0.25, 0.3) is 55.4 Å². The van der Waals surface area contributed by atoms with Gasteiger partial charge in [0.25, 0.3) is 0 Å². The molecule has 3 nitrogen and oxygen atoms in total. The maximum atomic E-state index is 4.51. The quantitative estimate of drug-likeness (QED) is 0.190. The molecular formula is C42H26BrN3. The van der Waals surface area contributed by atoms with Crippen molar-refractivity contribution in [3.63, 3.8) is 0 Å². The van der Waals surface area contributed by atoms with E-state index in [9.17, 15) is 0 Å². The Morgan fingerprint density at radius 2 is 1.13 bits per heavy atom. The highest BCUT2D eigenvalue weighted by Gasteiger charge is 2.51. The minimum absolute atomic E-state index is 0.358. The summed E-state index contributed by atoms with van der Waals surface area (Å²) in [5.74, 6) is 0.732. The monoisotopic (exact) mass is 651 g/mol. The highest BCUT2D eigenvalue weighted by molar-refractivity contribution is 9.10. The maximum Gasteiger partial charge on any atom is 0.159 e. The molecule has 0 bridgehead atoms. The average Bonchev–Trinajstić information content (AvgIpc) is 3.70. The lowest BCUT2D eigenvalue weighted by molar-refractivity contribution is 0.794. The van der Waals surface area contributed by atoms with Crippen molar-refractivity contribution >= 4 is 37.7 Å². The van der Waals surface area contributed by atoms with Crippen molar-refractivity contribution in [1.29, 1.82) is 0 Å². The number of halogens is 1. The molecule has 0 radical (unpaired) electrons. The van der Waals surface area contributed by atoms with E-state index in [0.717, 1.165) is 15.9 Å². The van der Waals surface area contributed by atoms with E-state index in [0.29, 0.717) is 6.54 Å². The molecule has 0 unspecified atom stereocenters. The van der Waals surface area contributed by atoms with Crippen LogP contribution in [0, 0.1) is 0 Å². The van der Waals surface area contributed by atoms with Crippen molar-refractivity contribution in [2.45, 2.75) is 12.0 Å². The number of hydrogen-bond acceptors (Lipinski definition) is 2. The third-order valence-corrected chi connectivity index (χ3v) is 10.9. The highest BCUT2D eigenvalue weighted by atomic mass is 79.9. The molecule has 0 fully saturated rings. The lowest BCUT2D eigenvalue weighted by Crippen LogP contribution is -2.25. The van der Waals surface area contributed by atoms with Gasteiger partial charge >= 0.3 is 0 Å². The summed E-state index contributed by atoms with van der Waals surface area (Å²) in [7, 11) is 0. The smallest absolute Gasteiger partial charge is 0.159 e. The molecule has 0 aliphatic heterocycles. The summed E-state index contributed by atoms with van der Waals surface area (Å²) in [4.78, 5) is 9.02. The van der Waals surface area contributed by atoms with Crippen LogP contribution in [0.2, 0.25) is 0 Å². The van der Waals surface area contributed by atoms with Gasteiger partial charge in [0.05, 0.1) is 10.9 Å².